The van der Waals surface area contributed by atoms with Crippen molar-refractivity contribution < 1.29 is 27.5 Å². The van der Waals surface area contributed by atoms with Gasteiger partial charge in [0.2, 0.25) is 21.8 Å². The third kappa shape index (κ3) is 5.08. The lowest BCUT2D eigenvalue weighted by atomic mass is 10.0. The number of fused-ring (bicyclic) bond motifs is 1. The van der Waals surface area contributed by atoms with Crippen LogP contribution in [0.1, 0.15) is 18.4 Å². The van der Waals surface area contributed by atoms with E-state index >= 15 is 0 Å². The average molecular weight is 433 g/mol. The van der Waals surface area contributed by atoms with Gasteiger partial charge in [0, 0.05) is 31.1 Å². The summed E-state index contributed by atoms with van der Waals surface area (Å²) in [6, 6.07) is 9.52. The molecule has 9 nitrogen and oxygen atoms in total. The fraction of sp³-hybridized carbons (Fsp3) is 0.300. The maximum atomic E-state index is 12.5. The minimum absolute atomic E-state index is 0.0689. The quantitative estimate of drug-likeness (QED) is 0.584. The van der Waals surface area contributed by atoms with Crippen molar-refractivity contribution in [3.8, 4) is 11.5 Å². The summed E-state index contributed by atoms with van der Waals surface area (Å²) in [6.07, 6.45) is 0.730. The number of ether oxygens (including phenoxy) is 2. The molecule has 0 saturated heterocycles. The number of sulfonamides is 1. The third-order valence-electron chi connectivity index (χ3n) is 4.61. The fourth-order valence-corrected chi connectivity index (χ4v) is 4.12. The van der Waals surface area contributed by atoms with E-state index in [9.17, 15) is 18.0 Å². The van der Waals surface area contributed by atoms with Gasteiger partial charge in [0.15, 0.2) is 0 Å². The first kappa shape index (κ1) is 21.6. The maximum Gasteiger partial charge on any atom is 0.240 e. The zero-order valence-corrected chi connectivity index (χ0v) is 17.5. The Kier molecular flexibility index (Phi) is 6.58. The van der Waals surface area contributed by atoms with Crippen LogP contribution in [-0.4, -0.2) is 41.0 Å². The summed E-state index contributed by atoms with van der Waals surface area (Å²) in [5, 5.41) is 5.40. The molecule has 0 fully saturated rings. The van der Waals surface area contributed by atoms with Gasteiger partial charge in [-0.15, -0.1) is 0 Å². The molecule has 160 valence electrons. The summed E-state index contributed by atoms with van der Waals surface area (Å²) < 4.78 is 37.8. The molecule has 2 amide bonds. The van der Waals surface area contributed by atoms with Crippen LogP contribution in [0.15, 0.2) is 41.3 Å². The van der Waals surface area contributed by atoms with Crippen LogP contribution >= 0.6 is 0 Å². The van der Waals surface area contributed by atoms with Gasteiger partial charge in [0.25, 0.3) is 0 Å². The van der Waals surface area contributed by atoms with Crippen LogP contribution in [0.5, 0.6) is 11.5 Å². The number of benzene rings is 2. The molecule has 10 heteroatoms. The van der Waals surface area contributed by atoms with Gasteiger partial charge in [-0.05, 0) is 42.3 Å². The smallest absolute Gasteiger partial charge is 0.240 e. The lowest BCUT2D eigenvalue weighted by Crippen LogP contribution is -2.28. The molecule has 0 saturated carbocycles. The number of nitrogens with one attached hydrogen (secondary N) is 3. The summed E-state index contributed by atoms with van der Waals surface area (Å²) in [7, 11) is -0.794. The molecule has 2 aromatic rings. The van der Waals surface area contributed by atoms with Crippen LogP contribution in [0.3, 0.4) is 0 Å². The molecule has 3 N–H and O–H groups in total. The van der Waals surface area contributed by atoms with Crippen LogP contribution in [-0.2, 0) is 26.0 Å². The summed E-state index contributed by atoms with van der Waals surface area (Å²) in [5.74, 6) is 0.550. The topological polar surface area (TPSA) is 123 Å². The van der Waals surface area contributed by atoms with Gasteiger partial charge < -0.3 is 20.1 Å². The second-order valence-corrected chi connectivity index (χ2v) is 8.40. The van der Waals surface area contributed by atoms with Crippen LogP contribution in [0.2, 0.25) is 0 Å². The predicted molar refractivity (Wildman–Crippen MR) is 111 cm³/mol. The summed E-state index contributed by atoms with van der Waals surface area (Å²) in [4.78, 5) is 23.8. The number of carbonyl (C=O) groups excluding carboxylic acids is 2. The largest absolute Gasteiger partial charge is 0.497 e. The number of amides is 2. The predicted octanol–water partition coefficient (Wildman–Crippen LogP) is 1.90. The number of hydrogen-bond donors (Lipinski definition) is 3. The van der Waals surface area contributed by atoms with Crippen molar-refractivity contribution in [3.05, 3.63) is 42.0 Å². The summed E-state index contributed by atoms with van der Waals surface area (Å²) >= 11 is 0. The van der Waals surface area contributed by atoms with E-state index < -0.39 is 10.0 Å². The highest BCUT2D eigenvalue weighted by atomic mass is 32.2. The molecule has 1 aliphatic heterocycles. The molecule has 0 radical (unpaired) electrons. The lowest BCUT2D eigenvalue weighted by Gasteiger charge is -2.17. The lowest BCUT2D eigenvalue weighted by molar-refractivity contribution is -0.117. The Morgan fingerprint density at radius 3 is 2.63 bits per heavy atom. The maximum absolute atomic E-state index is 12.5. The molecule has 30 heavy (non-hydrogen) atoms. The molecule has 0 bridgehead atoms. The van der Waals surface area contributed by atoms with Crippen molar-refractivity contribution in [2.24, 2.45) is 0 Å². The normalized spacial score (nSPS) is 13.2. The molecule has 3 rings (SSSR count). The van der Waals surface area contributed by atoms with E-state index in [0.717, 1.165) is 5.56 Å². The van der Waals surface area contributed by atoms with Gasteiger partial charge in [0.1, 0.15) is 11.5 Å². The van der Waals surface area contributed by atoms with E-state index in [1.54, 1.807) is 24.3 Å². The second kappa shape index (κ2) is 9.14. The van der Waals surface area contributed by atoms with Crippen molar-refractivity contribution in [2.75, 3.05) is 31.4 Å². The van der Waals surface area contributed by atoms with Crippen molar-refractivity contribution in [2.45, 2.75) is 24.2 Å². The molecule has 1 aliphatic rings. The van der Waals surface area contributed by atoms with E-state index in [0.29, 0.717) is 35.7 Å². The average Bonchev–Trinajstić information content (AvgIpc) is 2.73. The van der Waals surface area contributed by atoms with Gasteiger partial charge in [0.05, 0.1) is 24.8 Å². The van der Waals surface area contributed by atoms with Crippen molar-refractivity contribution in [1.29, 1.82) is 0 Å². The Labute approximate surface area is 174 Å². The van der Waals surface area contributed by atoms with E-state index in [-0.39, 0.29) is 29.7 Å². The SMILES string of the molecule is COc1ccc(OC)c(NC(=O)CCNS(=O)(=O)c2ccc3c(c2)CCC(=O)N3)c1. The minimum atomic E-state index is -3.79. The molecule has 1 heterocycles. The Morgan fingerprint density at radius 1 is 1.10 bits per heavy atom. The molecule has 0 spiro atoms. The first-order valence-electron chi connectivity index (χ1n) is 9.26. The number of hydrogen-bond acceptors (Lipinski definition) is 6. The number of anilines is 2. The number of rotatable bonds is 8. The van der Waals surface area contributed by atoms with Gasteiger partial charge in [-0.25, -0.2) is 13.1 Å². The van der Waals surface area contributed by atoms with Crippen LogP contribution in [0, 0.1) is 0 Å². The Balaban J connectivity index is 1.59. The number of methoxy groups -OCH3 is 2. The van der Waals surface area contributed by atoms with Crippen LogP contribution in [0.25, 0.3) is 0 Å². The third-order valence-corrected chi connectivity index (χ3v) is 6.07. The van der Waals surface area contributed by atoms with E-state index in [4.69, 9.17) is 9.47 Å². The highest BCUT2D eigenvalue weighted by Crippen LogP contribution is 2.29. The summed E-state index contributed by atoms with van der Waals surface area (Å²) in [5.41, 5.74) is 1.82. The van der Waals surface area contributed by atoms with E-state index in [1.165, 1.54) is 26.4 Å². The van der Waals surface area contributed by atoms with Gasteiger partial charge in [-0.1, -0.05) is 0 Å². The Bertz CT molecular complexity index is 1070. The Hall–Kier alpha value is -3.11. The van der Waals surface area contributed by atoms with Crippen LogP contribution in [0.4, 0.5) is 11.4 Å². The van der Waals surface area contributed by atoms with Crippen molar-refractivity contribution in [3.63, 3.8) is 0 Å². The molecule has 2 aromatic carbocycles. The van der Waals surface area contributed by atoms with Crippen molar-refractivity contribution in [1.82, 2.24) is 4.72 Å². The monoisotopic (exact) mass is 433 g/mol. The zero-order valence-electron chi connectivity index (χ0n) is 16.7. The molecule has 0 unspecified atom stereocenters. The second-order valence-electron chi connectivity index (χ2n) is 6.63. The minimum Gasteiger partial charge on any atom is -0.497 e. The molecule has 0 aromatic heterocycles. The molecule has 0 atom stereocenters. The summed E-state index contributed by atoms with van der Waals surface area (Å²) in [6.45, 7) is -0.0751. The Morgan fingerprint density at radius 2 is 1.90 bits per heavy atom. The van der Waals surface area contributed by atoms with Gasteiger partial charge in [-0.3, -0.25) is 9.59 Å². The van der Waals surface area contributed by atoms with Crippen LogP contribution < -0.4 is 24.8 Å². The first-order valence-corrected chi connectivity index (χ1v) is 10.7. The van der Waals surface area contributed by atoms with E-state index in [2.05, 4.69) is 15.4 Å². The first-order chi connectivity index (χ1) is 14.3. The number of carbonyl (C=O) groups is 2. The molecule has 0 aliphatic carbocycles. The van der Waals surface area contributed by atoms with Crippen molar-refractivity contribution >= 4 is 33.2 Å². The zero-order chi connectivity index (χ0) is 21.7. The highest BCUT2D eigenvalue weighted by molar-refractivity contribution is 7.89. The molecular weight excluding hydrogens is 410 g/mol. The van der Waals surface area contributed by atoms with Gasteiger partial charge >= 0.3 is 0 Å². The van der Waals surface area contributed by atoms with Gasteiger partial charge in [-0.2, -0.15) is 0 Å². The molecular formula is C20H23N3O6S. The fourth-order valence-electron chi connectivity index (χ4n) is 3.03. The standard InChI is InChI=1S/C20H23N3O6S/c1-28-14-4-7-18(29-2)17(12-14)23-20(25)9-10-21-30(26,27)15-5-6-16-13(11-15)3-8-19(24)22-16/h4-7,11-12,21H,3,8-10H2,1-2H3,(H,22,24)(H,23,25). The number of aryl methyl sites for hydroxylation is 1. The highest BCUT2D eigenvalue weighted by Gasteiger charge is 2.20. The van der Waals surface area contributed by atoms with E-state index in [1.807, 2.05) is 0 Å².